The van der Waals surface area contributed by atoms with Crippen molar-refractivity contribution in [3.8, 4) is 17.6 Å². The van der Waals surface area contributed by atoms with Gasteiger partial charge in [-0.3, -0.25) is 4.79 Å². The summed E-state index contributed by atoms with van der Waals surface area (Å²) in [6.45, 7) is 6.09. The first kappa shape index (κ1) is 23.6. The summed E-state index contributed by atoms with van der Waals surface area (Å²) in [7, 11) is 4.29. The molecule has 0 aliphatic carbocycles. The van der Waals surface area contributed by atoms with Crippen LogP contribution in [-0.2, 0) is 0 Å². The van der Waals surface area contributed by atoms with Gasteiger partial charge in [-0.1, -0.05) is 24.4 Å². The average molecular weight is 441 g/mol. The fraction of sp³-hybridized carbons (Fsp3) is 0.571. The van der Waals surface area contributed by atoms with Crippen molar-refractivity contribution < 1.29 is 9.53 Å². The number of likely N-dealkylation sites (tertiary alicyclic amines) is 2. The molecule has 2 aliphatic rings. The Hall–Kier alpha value is -1.65. The zero-order valence-electron chi connectivity index (χ0n) is 17.2. The second-order valence-electron chi connectivity index (χ2n) is 7.83. The maximum absolute atomic E-state index is 13.1. The first-order valence-electron chi connectivity index (χ1n) is 9.74. The lowest BCUT2D eigenvalue weighted by molar-refractivity contribution is 0.0202. The van der Waals surface area contributed by atoms with Crippen LogP contribution in [0, 0.1) is 23.7 Å². The van der Waals surface area contributed by atoms with Crippen molar-refractivity contribution in [1.82, 2.24) is 15.1 Å². The van der Waals surface area contributed by atoms with Gasteiger partial charge in [0, 0.05) is 56.5 Å². The fourth-order valence-corrected chi connectivity index (χ4v) is 4.49. The van der Waals surface area contributed by atoms with Crippen LogP contribution in [0.2, 0.25) is 5.02 Å². The van der Waals surface area contributed by atoms with Gasteiger partial charge in [0.15, 0.2) is 0 Å². The molecular weight excluding hydrogens is 411 g/mol. The first-order valence-corrected chi connectivity index (χ1v) is 10.1. The van der Waals surface area contributed by atoms with E-state index >= 15 is 0 Å². The monoisotopic (exact) mass is 440 g/mol. The summed E-state index contributed by atoms with van der Waals surface area (Å²) in [5.74, 6) is 6.91. The van der Waals surface area contributed by atoms with E-state index in [-0.39, 0.29) is 31.0 Å². The number of benzene rings is 1. The normalized spacial score (nSPS) is 24.1. The number of halogens is 2. The molecular formula is C21H30Cl2N4O2. The van der Waals surface area contributed by atoms with E-state index in [1.807, 2.05) is 6.92 Å². The molecule has 0 atom stereocenters. The molecule has 2 bridgehead atoms. The number of nitrogens with two attached hydrogens (primary N) is 1. The highest BCUT2D eigenvalue weighted by atomic mass is 35.5. The minimum Gasteiger partial charge on any atom is -0.480 e. The number of amides is 1. The topological polar surface area (TPSA) is 70.8 Å². The summed E-state index contributed by atoms with van der Waals surface area (Å²) in [5, 5.41) is 3.61. The van der Waals surface area contributed by atoms with Crippen molar-refractivity contribution in [2.75, 3.05) is 52.6 Å². The van der Waals surface area contributed by atoms with Crippen LogP contribution in [0.15, 0.2) is 12.1 Å². The maximum atomic E-state index is 13.1. The molecule has 0 radical (unpaired) electrons. The van der Waals surface area contributed by atoms with Gasteiger partial charge in [0.1, 0.15) is 12.4 Å². The summed E-state index contributed by atoms with van der Waals surface area (Å²) in [6, 6.07) is 3.34. The minimum atomic E-state index is -0.172. The van der Waals surface area contributed by atoms with Crippen molar-refractivity contribution in [2.45, 2.75) is 19.4 Å². The summed E-state index contributed by atoms with van der Waals surface area (Å²) in [5.41, 5.74) is 6.71. The Balaban J connectivity index is 0.00000300. The second kappa shape index (κ2) is 10.4. The highest BCUT2D eigenvalue weighted by molar-refractivity contribution is 6.33. The fourth-order valence-electron chi connectivity index (χ4n) is 4.33. The van der Waals surface area contributed by atoms with Crippen molar-refractivity contribution in [1.29, 1.82) is 0 Å². The van der Waals surface area contributed by atoms with Gasteiger partial charge in [-0.25, -0.2) is 0 Å². The van der Waals surface area contributed by atoms with E-state index in [9.17, 15) is 4.79 Å². The van der Waals surface area contributed by atoms with Gasteiger partial charge < -0.3 is 25.6 Å². The number of nitrogens with one attached hydrogen (secondary N) is 1. The van der Waals surface area contributed by atoms with Crippen LogP contribution in [0.1, 0.15) is 23.7 Å². The molecule has 29 heavy (non-hydrogen) atoms. The van der Waals surface area contributed by atoms with Crippen LogP contribution in [-0.4, -0.2) is 68.6 Å². The Morgan fingerprint density at radius 1 is 1.21 bits per heavy atom. The molecule has 0 spiro atoms. The van der Waals surface area contributed by atoms with E-state index in [1.165, 1.54) is 0 Å². The van der Waals surface area contributed by atoms with Gasteiger partial charge in [-0.2, -0.15) is 0 Å². The number of piperidine rings is 2. The Morgan fingerprint density at radius 2 is 1.79 bits per heavy atom. The molecule has 3 N–H and O–H groups in total. The van der Waals surface area contributed by atoms with Crippen LogP contribution in [0.4, 0.5) is 5.69 Å². The predicted molar refractivity (Wildman–Crippen MR) is 120 cm³/mol. The molecule has 160 valence electrons. The number of anilines is 1. The molecule has 2 heterocycles. The lowest BCUT2D eigenvalue weighted by Gasteiger charge is -2.49. The van der Waals surface area contributed by atoms with E-state index in [4.69, 9.17) is 22.1 Å². The second-order valence-corrected chi connectivity index (χ2v) is 8.23. The van der Waals surface area contributed by atoms with Gasteiger partial charge in [0.05, 0.1) is 16.3 Å². The number of hydrogen-bond acceptors (Lipinski definition) is 5. The van der Waals surface area contributed by atoms with Crippen LogP contribution in [0.3, 0.4) is 0 Å². The molecule has 1 aromatic rings. The van der Waals surface area contributed by atoms with Crippen LogP contribution < -0.4 is 15.8 Å². The van der Waals surface area contributed by atoms with Gasteiger partial charge in [0.2, 0.25) is 0 Å². The van der Waals surface area contributed by atoms with E-state index in [0.29, 0.717) is 33.9 Å². The van der Waals surface area contributed by atoms with E-state index in [2.05, 4.69) is 41.1 Å². The molecule has 2 saturated heterocycles. The van der Waals surface area contributed by atoms with Crippen molar-refractivity contribution in [2.24, 2.45) is 11.8 Å². The third-order valence-electron chi connectivity index (χ3n) is 5.44. The first-order chi connectivity index (χ1) is 13.4. The number of fused-ring (bicyclic) bond motifs is 2. The number of nitrogen functional groups attached to an aromatic ring is 1. The summed E-state index contributed by atoms with van der Waals surface area (Å²) < 4.78 is 5.72. The Morgan fingerprint density at radius 3 is 2.34 bits per heavy atom. The van der Waals surface area contributed by atoms with Crippen LogP contribution >= 0.6 is 24.0 Å². The Kier molecular flexibility index (Phi) is 8.47. The molecule has 2 aliphatic heterocycles. The van der Waals surface area contributed by atoms with Crippen LogP contribution in [0.25, 0.3) is 0 Å². The Bertz CT molecular complexity index is 763. The molecule has 1 amide bonds. The minimum absolute atomic E-state index is 0. The third-order valence-corrected chi connectivity index (χ3v) is 5.77. The van der Waals surface area contributed by atoms with Crippen LogP contribution in [0.5, 0.6) is 5.75 Å². The molecule has 2 fully saturated rings. The molecule has 8 heteroatoms. The lowest BCUT2D eigenvalue weighted by atomic mass is 9.79. The van der Waals surface area contributed by atoms with Crippen molar-refractivity contribution in [3.63, 3.8) is 0 Å². The zero-order chi connectivity index (χ0) is 20.3. The van der Waals surface area contributed by atoms with E-state index in [1.54, 1.807) is 12.1 Å². The Labute approximate surface area is 184 Å². The van der Waals surface area contributed by atoms with Crippen molar-refractivity contribution in [3.05, 3.63) is 22.7 Å². The average Bonchev–Trinajstić information content (AvgIpc) is 2.62. The van der Waals surface area contributed by atoms with E-state index in [0.717, 1.165) is 32.6 Å². The largest absolute Gasteiger partial charge is 0.480 e. The molecule has 0 unspecified atom stereocenters. The molecule has 1 aromatic carbocycles. The van der Waals surface area contributed by atoms with Gasteiger partial charge in [-0.05, 0) is 20.2 Å². The summed E-state index contributed by atoms with van der Waals surface area (Å²) in [6.07, 6.45) is 0.757. The number of carbonyl (C=O) groups is 1. The summed E-state index contributed by atoms with van der Waals surface area (Å²) >= 11 is 6.19. The van der Waals surface area contributed by atoms with E-state index < -0.39 is 0 Å². The maximum Gasteiger partial charge on any atom is 0.255 e. The van der Waals surface area contributed by atoms with Gasteiger partial charge in [0.25, 0.3) is 5.91 Å². The summed E-state index contributed by atoms with van der Waals surface area (Å²) in [4.78, 5) is 17.8. The number of ether oxygens (including phenoxy) is 1. The van der Waals surface area contributed by atoms with Crippen molar-refractivity contribution >= 4 is 35.6 Å². The standard InChI is InChI=1S/C21H29ClN4O2.ClH/c1-4-5-6-7-28-19-9-18(23)17(22)8-16(19)21(27)24-20-14-10-25(2)11-15(20)13-26(3)12-14;/h8-9,14-15,20H,4,7,10-13,23H2,1-3H3,(H,24,27);1H. The SMILES string of the molecule is CCC#CCOc1cc(N)c(Cl)cc1C(=O)NC1C2CN(C)CC1CN(C)C2.Cl. The predicted octanol–water partition coefficient (Wildman–Crippen LogP) is 2.36. The molecule has 0 saturated carbocycles. The third kappa shape index (κ3) is 5.70. The molecule has 0 aromatic heterocycles. The number of nitrogens with zero attached hydrogens (tertiary/aromatic N) is 2. The lowest BCUT2D eigenvalue weighted by Crippen LogP contribution is -2.63. The quantitative estimate of drug-likeness (QED) is 0.555. The highest BCUT2D eigenvalue weighted by Crippen LogP contribution is 2.31. The molecule has 6 nitrogen and oxygen atoms in total. The number of rotatable bonds is 4. The van der Waals surface area contributed by atoms with Gasteiger partial charge in [-0.15, -0.1) is 18.3 Å². The molecule has 3 rings (SSSR count). The zero-order valence-corrected chi connectivity index (χ0v) is 18.8. The number of carbonyl (C=O) groups excluding carboxylic acids is 1. The van der Waals surface area contributed by atoms with Gasteiger partial charge >= 0.3 is 0 Å². The number of hydrogen-bond donors (Lipinski definition) is 2. The highest BCUT2D eigenvalue weighted by Gasteiger charge is 2.41. The smallest absolute Gasteiger partial charge is 0.255 e.